The van der Waals surface area contributed by atoms with E-state index >= 15 is 0 Å². The van der Waals surface area contributed by atoms with Crippen molar-refractivity contribution in [3.63, 3.8) is 0 Å². The Bertz CT molecular complexity index is 414. The quantitative estimate of drug-likeness (QED) is 0.818. The van der Waals surface area contributed by atoms with Crippen LogP contribution in [0.1, 0.15) is 18.5 Å². The summed E-state index contributed by atoms with van der Waals surface area (Å²) in [5.41, 5.74) is 1.20. The molecule has 1 unspecified atom stereocenters. The number of piperidine rings is 1. The largest absolute Gasteiger partial charge is 0.379 e. The van der Waals surface area contributed by atoms with Crippen LogP contribution in [0.15, 0.2) is 12.1 Å². The van der Waals surface area contributed by atoms with E-state index in [9.17, 15) is 0 Å². The maximum absolute atomic E-state index is 5.83. The number of aromatic nitrogens is 2. The third-order valence-electron chi connectivity index (χ3n) is 4.11. The van der Waals surface area contributed by atoms with E-state index in [1.807, 2.05) is 13.0 Å². The van der Waals surface area contributed by atoms with Crippen molar-refractivity contribution in [1.82, 2.24) is 15.5 Å². The summed E-state index contributed by atoms with van der Waals surface area (Å²) in [5, 5.41) is 12.0. The van der Waals surface area contributed by atoms with Gasteiger partial charge in [-0.25, -0.2) is 0 Å². The topological polar surface area (TPSA) is 50.3 Å². The highest BCUT2D eigenvalue weighted by atomic mass is 16.5. The monoisotopic (exact) mass is 262 g/mol. The first kappa shape index (κ1) is 12.8. The third-order valence-corrected chi connectivity index (χ3v) is 4.11. The molecule has 0 bridgehead atoms. The Labute approximate surface area is 114 Å². The Balaban J connectivity index is 1.78. The molecule has 3 heterocycles. The molecule has 5 heteroatoms. The second-order valence-electron chi connectivity index (χ2n) is 5.79. The molecular formula is C14H22N4O. The molecular weight excluding hydrogens is 240 g/mol. The average Bonchev–Trinajstić information content (AvgIpc) is 2.64. The molecule has 1 atom stereocenters. The molecule has 0 aliphatic carbocycles. The smallest absolute Gasteiger partial charge is 0.151 e. The van der Waals surface area contributed by atoms with Gasteiger partial charge in [-0.1, -0.05) is 0 Å². The summed E-state index contributed by atoms with van der Waals surface area (Å²) in [6.45, 7) is 7.69. The molecule has 1 aromatic heterocycles. The van der Waals surface area contributed by atoms with E-state index in [0.717, 1.165) is 50.9 Å². The number of aryl methyl sites for hydroxylation is 1. The van der Waals surface area contributed by atoms with Gasteiger partial charge in [0.15, 0.2) is 5.82 Å². The molecule has 2 aliphatic heterocycles. The minimum absolute atomic E-state index is 0.237. The fourth-order valence-corrected chi connectivity index (χ4v) is 3.04. The summed E-state index contributed by atoms with van der Waals surface area (Å²) >= 11 is 0. The number of hydrogen-bond acceptors (Lipinski definition) is 5. The second kappa shape index (κ2) is 5.43. The van der Waals surface area contributed by atoms with Gasteiger partial charge in [-0.2, -0.15) is 5.10 Å². The highest BCUT2D eigenvalue weighted by Gasteiger charge is 2.36. The predicted octanol–water partition coefficient (Wildman–Crippen LogP) is 0.991. The maximum atomic E-state index is 5.83. The van der Waals surface area contributed by atoms with Crippen molar-refractivity contribution in [1.29, 1.82) is 0 Å². The fraction of sp³-hybridized carbons (Fsp3) is 0.714. The van der Waals surface area contributed by atoms with Crippen LogP contribution in [0.25, 0.3) is 0 Å². The Kier molecular flexibility index (Phi) is 3.66. The number of rotatable bonds is 1. The molecule has 1 aromatic rings. The molecule has 1 N–H and O–H groups in total. The summed E-state index contributed by atoms with van der Waals surface area (Å²) in [4.78, 5) is 2.33. The Hall–Kier alpha value is -1.20. The van der Waals surface area contributed by atoms with Crippen LogP contribution in [-0.2, 0) is 4.74 Å². The van der Waals surface area contributed by atoms with Crippen molar-refractivity contribution in [3.05, 3.63) is 17.8 Å². The first-order valence-corrected chi connectivity index (χ1v) is 7.11. The lowest BCUT2D eigenvalue weighted by molar-refractivity contribution is 0.0536. The molecule has 0 aromatic carbocycles. The first-order chi connectivity index (χ1) is 9.27. The minimum atomic E-state index is 0.237. The zero-order chi connectivity index (χ0) is 13.1. The van der Waals surface area contributed by atoms with Gasteiger partial charge in [0.1, 0.15) is 0 Å². The summed E-state index contributed by atoms with van der Waals surface area (Å²) in [6.07, 6.45) is 2.46. The maximum Gasteiger partial charge on any atom is 0.151 e. The lowest BCUT2D eigenvalue weighted by Gasteiger charge is -2.39. The average molecular weight is 262 g/mol. The van der Waals surface area contributed by atoms with Gasteiger partial charge in [-0.05, 0) is 38.4 Å². The van der Waals surface area contributed by atoms with Gasteiger partial charge in [-0.3, -0.25) is 0 Å². The van der Waals surface area contributed by atoms with Gasteiger partial charge < -0.3 is 15.0 Å². The Morgan fingerprint density at radius 1 is 1.37 bits per heavy atom. The van der Waals surface area contributed by atoms with Gasteiger partial charge in [0.25, 0.3) is 0 Å². The summed E-state index contributed by atoms with van der Waals surface area (Å²) in [6, 6.07) is 4.09. The fourth-order valence-electron chi connectivity index (χ4n) is 3.04. The summed E-state index contributed by atoms with van der Waals surface area (Å²) < 4.78 is 5.83. The van der Waals surface area contributed by atoms with E-state index in [1.54, 1.807) is 0 Å². The molecule has 2 fully saturated rings. The van der Waals surface area contributed by atoms with E-state index in [4.69, 9.17) is 4.74 Å². The lowest BCUT2D eigenvalue weighted by atomic mass is 9.81. The van der Waals surface area contributed by atoms with Crippen LogP contribution in [0.4, 0.5) is 5.82 Å². The number of hydrogen-bond donors (Lipinski definition) is 1. The second-order valence-corrected chi connectivity index (χ2v) is 5.79. The molecule has 0 radical (unpaired) electrons. The number of nitrogens with zero attached hydrogens (tertiary/aromatic N) is 3. The van der Waals surface area contributed by atoms with Crippen molar-refractivity contribution in [2.75, 3.05) is 44.3 Å². The molecule has 0 amide bonds. The molecule has 1 spiro atoms. The van der Waals surface area contributed by atoms with Crippen LogP contribution in [0.5, 0.6) is 0 Å². The molecule has 5 nitrogen and oxygen atoms in total. The van der Waals surface area contributed by atoms with E-state index in [-0.39, 0.29) is 5.41 Å². The predicted molar refractivity (Wildman–Crippen MR) is 74.3 cm³/mol. The van der Waals surface area contributed by atoms with Crippen molar-refractivity contribution < 1.29 is 4.74 Å². The van der Waals surface area contributed by atoms with Crippen molar-refractivity contribution in [2.24, 2.45) is 5.41 Å². The van der Waals surface area contributed by atoms with E-state index < -0.39 is 0 Å². The number of ether oxygens (including phenoxy) is 1. The van der Waals surface area contributed by atoms with Crippen LogP contribution >= 0.6 is 0 Å². The summed E-state index contributed by atoms with van der Waals surface area (Å²) in [5.74, 6) is 0.973. The third kappa shape index (κ3) is 2.87. The molecule has 0 saturated carbocycles. The lowest BCUT2D eigenvalue weighted by Crippen LogP contribution is -2.49. The molecule has 19 heavy (non-hydrogen) atoms. The van der Waals surface area contributed by atoms with Gasteiger partial charge in [0.05, 0.1) is 18.9 Å². The standard InChI is InChI=1S/C14H22N4O/c1-12-3-4-13(17-16-12)18-7-8-19-11-14(10-18)5-2-6-15-9-14/h3-4,15H,2,5-11H2,1H3. The zero-order valence-electron chi connectivity index (χ0n) is 11.6. The normalized spacial score (nSPS) is 28.4. The summed E-state index contributed by atoms with van der Waals surface area (Å²) in [7, 11) is 0. The highest BCUT2D eigenvalue weighted by molar-refractivity contribution is 5.38. The number of anilines is 1. The molecule has 2 saturated heterocycles. The first-order valence-electron chi connectivity index (χ1n) is 7.11. The molecule has 104 valence electrons. The van der Waals surface area contributed by atoms with Crippen LogP contribution in [0, 0.1) is 12.3 Å². The van der Waals surface area contributed by atoms with Gasteiger partial charge in [0, 0.05) is 25.0 Å². The van der Waals surface area contributed by atoms with E-state index in [2.05, 4.69) is 26.5 Å². The van der Waals surface area contributed by atoms with Crippen molar-refractivity contribution in [3.8, 4) is 0 Å². The Morgan fingerprint density at radius 3 is 3.05 bits per heavy atom. The van der Waals surface area contributed by atoms with Gasteiger partial charge in [0.2, 0.25) is 0 Å². The number of nitrogens with one attached hydrogen (secondary N) is 1. The minimum Gasteiger partial charge on any atom is -0.379 e. The molecule has 3 rings (SSSR count). The van der Waals surface area contributed by atoms with Gasteiger partial charge in [-0.15, -0.1) is 5.10 Å². The highest BCUT2D eigenvalue weighted by Crippen LogP contribution is 2.31. The van der Waals surface area contributed by atoms with Crippen molar-refractivity contribution in [2.45, 2.75) is 19.8 Å². The van der Waals surface area contributed by atoms with E-state index in [0.29, 0.717) is 0 Å². The SMILES string of the molecule is Cc1ccc(N2CCOCC3(CCCNC3)C2)nn1. The van der Waals surface area contributed by atoms with E-state index in [1.165, 1.54) is 12.8 Å². The van der Waals surface area contributed by atoms with Crippen LogP contribution in [0.2, 0.25) is 0 Å². The van der Waals surface area contributed by atoms with Crippen LogP contribution in [-0.4, -0.2) is 49.6 Å². The Morgan fingerprint density at radius 2 is 2.32 bits per heavy atom. The van der Waals surface area contributed by atoms with Crippen LogP contribution < -0.4 is 10.2 Å². The van der Waals surface area contributed by atoms with Crippen molar-refractivity contribution >= 4 is 5.82 Å². The van der Waals surface area contributed by atoms with Gasteiger partial charge >= 0.3 is 0 Å². The molecule has 2 aliphatic rings. The van der Waals surface area contributed by atoms with Crippen LogP contribution in [0.3, 0.4) is 0 Å². The zero-order valence-corrected chi connectivity index (χ0v) is 11.6.